The van der Waals surface area contributed by atoms with Crippen LogP contribution in [0.15, 0.2) is 0 Å². The van der Waals surface area contributed by atoms with Gasteiger partial charge in [-0.3, -0.25) is 0 Å². The van der Waals surface area contributed by atoms with Gasteiger partial charge < -0.3 is 10.4 Å². The number of aliphatic hydroxyl groups excluding tert-OH is 1. The van der Waals surface area contributed by atoms with E-state index in [1.807, 2.05) is 0 Å². The molecule has 108 valence electrons. The van der Waals surface area contributed by atoms with Crippen molar-refractivity contribution in [2.24, 2.45) is 11.3 Å². The van der Waals surface area contributed by atoms with E-state index in [0.29, 0.717) is 5.41 Å². The molecular formula is C16H33NO. The molecule has 0 saturated heterocycles. The molecule has 1 fully saturated rings. The van der Waals surface area contributed by atoms with Gasteiger partial charge in [-0.15, -0.1) is 0 Å². The maximum Gasteiger partial charge on any atom is 0.0667 e. The lowest BCUT2D eigenvalue weighted by Gasteiger charge is -2.34. The van der Waals surface area contributed by atoms with Gasteiger partial charge in [0.05, 0.1) is 6.10 Å². The van der Waals surface area contributed by atoms with Gasteiger partial charge in [0.2, 0.25) is 0 Å². The Morgan fingerprint density at radius 3 is 2.17 bits per heavy atom. The number of hydrogen-bond donors (Lipinski definition) is 2. The molecule has 0 radical (unpaired) electrons. The van der Waals surface area contributed by atoms with Crippen molar-refractivity contribution in [1.82, 2.24) is 5.32 Å². The van der Waals surface area contributed by atoms with Crippen LogP contribution >= 0.6 is 0 Å². The highest BCUT2D eigenvalue weighted by molar-refractivity contribution is 4.84. The fourth-order valence-corrected chi connectivity index (χ4v) is 3.50. The van der Waals surface area contributed by atoms with Crippen LogP contribution in [0, 0.1) is 11.3 Å². The molecule has 1 unspecified atom stereocenters. The Labute approximate surface area is 114 Å². The van der Waals surface area contributed by atoms with E-state index < -0.39 is 0 Å². The molecular weight excluding hydrogens is 222 g/mol. The van der Waals surface area contributed by atoms with Crippen molar-refractivity contribution in [3.63, 3.8) is 0 Å². The Balaban J connectivity index is 2.25. The summed E-state index contributed by atoms with van der Waals surface area (Å²) >= 11 is 0. The van der Waals surface area contributed by atoms with Gasteiger partial charge in [0.25, 0.3) is 0 Å². The summed E-state index contributed by atoms with van der Waals surface area (Å²) in [5.74, 6) is 0.771. The molecule has 1 aliphatic carbocycles. The molecule has 2 N–H and O–H groups in total. The maximum absolute atomic E-state index is 10.1. The zero-order valence-corrected chi connectivity index (χ0v) is 13.1. The van der Waals surface area contributed by atoms with Crippen LogP contribution in [0.25, 0.3) is 0 Å². The van der Waals surface area contributed by atoms with Gasteiger partial charge in [0.15, 0.2) is 0 Å². The van der Waals surface area contributed by atoms with Gasteiger partial charge in [-0.2, -0.15) is 0 Å². The zero-order valence-electron chi connectivity index (χ0n) is 13.1. The molecule has 0 aromatic heterocycles. The number of hydrogen-bond acceptors (Lipinski definition) is 2. The van der Waals surface area contributed by atoms with E-state index in [2.05, 4.69) is 39.9 Å². The number of rotatable bonds is 6. The van der Waals surface area contributed by atoms with E-state index in [1.165, 1.54) is 25.7 Å². The quantitative estimate of drug-likeness (QED) is 0.758. The average Bonchev–Trinajstić information content (AvgIpc) is 2.64. The third kappa shape index (κ3) is 6.75. The first-order valence-corrected chi connectivity index (χ1v) is 7.61. The molecule has 1 rings (SSSR count). The predicted octanol–water partition coefficient (Wildman–Crippen LogP) is 3.73. The summed E-state index contributed by atoms with van der Waals surface area (Å²) in [6.07, 6.45) is 7.30. The summed E-state index contributed by atoms with van der Waals surface area (Å²) in [5.41, 5.74) is 0.432. The SMILES string of the molecule is CC(C)(C)CC(C)(C)NCC(O)CC1CCCC1. The molecule has 0 aromatic rings. The molecule has 1 saturated carbocycles. The number of nitrogens with one attached hydrogen (secondary N) is 1. The molecule has 0 aliphatic heterocycles. The largest absolute Gasteiger partial charge is 0.392 e. The van der Waals surface area contributed by atoms with Crippen LogP contribution in [-0.4, -0.2) is 23.3 Å². The highest BCUT2D eigenvalue weighted by Crippen LogP contribution is 2.29. The predicted molar refractivity (Wildman–Crippen MR) is 78.7 cm³/mol. The molecule has 0 aromatic carbocycles. The Bertz CT molecular complexity index is 236. The second-order valence-corrected chi connectivity index (χ2v) is 8.04. The van der Waals surface area contributed by atoms with Crippen LogP contribution in [0.3, 0.4) is 0 Å². The summed E-state index contributed by atoms with van der Waals surface area (Å²) in [5, 5.41) is 13.6. The Morgan fingerprint density at radius 1 is 1.11 bits per heavy atom. The van der Waals surface area contributed by atoms with Crippen molar-refractivity contribution in [2.45, 2.75) is 84.8 Å². The fourth-order valence-electron chi connectivity index (χ4n) is 3.50. The van der Waals surface area contributed by atoms with E-state index in [9.17, 15) is 5.11 Å². The standard InChI is InChI=1S/C16H33NO/c1-15(2,3)12-16(4,5)17-11-14(18)10-13-8-6-7-9-13/h13-14,17-18H,6-12H2,1-5H3. The highest BCUT2D eigenvalue weighted by Gasteiger charge is 2.26. The Kier molecular flexibility index (Phi) is 5.67. The summed E-state index contributed by atoms with van der Waals surface area (Å²) in [4.78, 5) is 0. The summed E-state index contributed by atoms with van der Waals surface area (Å²) in [7, 11) is 0. The van der Waals surface area contributed by atoms with E-state index in [-0.39, 0.29) is 11.6 Å². The summed E-state index contributed by atoms with van der Waals surface area (Å²) in [6.45, 7) is 12.0. The van der Waals surface area contributed by atoms with E-state index in [1.54, 1.807) is 0 Å². The van der Waals surface area contributed by atoms with Crippen molar-refractivity contribution in [1.29, 1.82) is 0 Å². The fraction of sp³-hybridized carbons (Fsp3) is 1.00. The van der Waals surface area contributed by atoms with Crippen molar-refractivity contribution in [3.8, 4) is 0 Å². The average molecular weight is 255 g/mol. The van der Waals surface area contributed by atoms with E-state index in [0.717, 1.165) is 25.3 Å². The van der Waals surface area contributed by atoms with Crippen LogP contribution in [-0.2, 0) is 0 Å². The first-order chi connectivity index (χ1) is 8.18. The summed E-state index contributed by atoms with van der Waals surface area (Å²) < 4.78 is 0. The summed E-state index contributed by atoms with van der Waals surface area (Å²) in [6, 6.07) is 0. The minimum absolute atomic E-state index is 0.106. The smallest absolute Gasteiger partial charge is 0.0667 e. The minimum Gasteiger partial charge on any atom is -0.392 e. The van der Waals surface area contributed by atoms with Crippen LogP contribution in [0.2, 0.25) is 0 Å². The van der Waals surface area contributed by atoms with Gasteiger partial charge in [0.1, 0.15) is 0 Å². The van der Waals surface area contributed by atoms with Crippen molar-refractivity contribution < 1.29 is 5.11 Å². The van der Waals surface area contributed by atoms with Crippen LogP contribution in [0.5, 0.6) is 0 Å². The molecule has 0 bridgehead atoms. The highest BCUT2D eigenvalue weighted by atomic mass is 16.3. The second kappa shape index (κ2) is 6.38. The molecule has 2 heteroatoms. The Morgan fingerprint density at radius 2 is 1.67 bits per heavy atom. The van der Waals surface area contributed by atoms with Gasteiger partial charge in [0, 0.05) is 12.1 Å². The first-order valence-electron chi connectivity index (χ1n) is 7.61. The number of aliphatic hydroxyl groups is 1. The number of β-amino-alcohol motifs (C(OH)–C–C–N with tert-alkyl or cyclic N) is 1. The van der Waals surface area contributed by atoms with Gasteiger partial charge in [-0.1, -0.05) is 46.5 Å². The molecule has 0 heterocycles. The second-order valence-electron chi connectivity index (χ2n) is 8.04. The van der Waals surface area contributed by atoms with Crippen LogP contribution < -0.4 is 5.32 Å². The Hall–Kier alpha value is -0.0800. The van der Waals surface area contributed by atoms with E-state index >= 15 is 0 Å². The van der Waals surface area contributed by atoms with Crippen molar-refractivity contribution >= 4 is 0 Å². The van der Waals surface area contributed by atoms with Gasteiger partial charge in [-0.05, 0) is 38.0 Å². The lowest BCUT2D eigenvalue weighted by atomic mass is 9.81. The van der Waals surface area contributed by atoms with Gasteiger partial charge in [-0.25, -0.2) is 0 Å². The van der Waals surface area contributed by atoms with Crippen LogP contribution in [0.1, 0.15) is 73.1 Å². The third-order valence-corrected chi connectivity index (χ3v) is 3.87. The molecule has 18 heavy (non-hydrogen) atoms. The topological polar surface area (TPSA) is 32.3 Å². The maximum atomic E-state index is 10.1. The van der Waals surface area contributed by atoms with Gasteiger partial charge >= 0.3 is 0 Å². The van der Waals surface area contributed by atoms with Crippen LogP contribution in [0.4, 0.5) is 0 Å². The lowest BCUT2D eigenvalue weighted by Crippen LogP contribution is -2.45. The molecule has 0 spiro atoms. The zero-order chi connectivity index (χ0) is 13.8. The van der Waals surface area contributed by atoms with E-state index in [4.69, 9.17) is 0 Å². The normalized spacial score (nSPS) is 20.3. The molecule has 1 atom stereocenters. The lowest BCUT2D eigenvalue weighted by molar-refractivity contribution is 0.122. The monoisotopic (exact) mass is 255 g/mol. The first kappa shape index (κ1) is 16.0. The third-order valence-electron chi connectivity index (χ3n) is 3.87. The van der Waals surface area contributed by atoms with Crippen molar-refractivity contribution in [3.05, 3.63) is 0 Å². The molecule has 0 amide bonds. The minimum atomic E-state index is -0.174. The molecule has 2 nitrogen and oxygen atoms in total. The van der Waals surface area contributed by atoms with Crippen molar-refractivity contribution in [2.75, 3.05) is 6.54 Å². The molecule has 1 aliphatic rings.